The van der Waals surface area contributed by atoms with Crippen molar-refractivity contribution in [3.05, 3.63) is 47.4 Å². The van der Waals surface area contributed by atoms with E-state index in [4.69, 9.17) is 9.47 Å². The first kappa shape index (κ1) is 19.9. The van der Waals surface area contributed by atoms with E-state index in [9.17, 15) is 9.18 Å². The molecule has 1 aromatic heterocycles. The number of rotatable bonds is 6. The van der Waals surface area contributed by atoms with E-state index in [0.29, 0.717) is 17.7 Å². The van der Waals surface area contributed by atoms with Crippen molar-refractivity contribution in [2.24, 2.45) is 0 Å². The van der Waals surface area contributed by atoms with E-state index in [1.54, 1.807) is 32.1 Å². The Labute approximate surface area is 156 Å². The number of hydrogen-bond acceptors (Lipinski definition) is 5. The van der Waals surface area contributed by atoms with Crippen molar-refractivity contribution in [1.82, 2.24) is 10.3 Å². The van der Waals surface area contributed by atoms with Gasteiger partial charge in [0.25, 0.3) is 0 Å². The summed E-state index contributed by atoms with van der Waals surface area (Å²) in [4.78, 5) is 16.9. The predicted octanol–water partition coefficient (Wildman–Crippen LogP) is 4.88. The Hall–Kier alpha value is -2.41. The van der Waals surface area contributed by atoms with Crippen molar-refractivity contribution in [2.75, 3.05) is 13.2 Å². The molecule has 140 valence electrons. The second-order valence-electron chi connectivity index (χ2n) is 6.68. The molecule has 0 bridgehead atoms. The van der Waals surface area contributed by atoms with Gasteiger partial charge in [-0.2, -0.15) is 0 Å². The highest BCUT2D eigenvalue weighted by atomic mass is 32.1. The lowest BCUT2D eigenvalue weighted by Gasteiger charge is -2.20. The summed E-state index contributed by atoms with van der Waals surface area (Å²) in [5.41, 5.74) is 0.757. The molecule has 0 atom stereocenters. The van der Waals surface area contributed by atoms with E-state index >= 15 is 0 Å². The number of aryl methyl sites for hydroxylation is 1. The quantitative estimate of drug-likeness (QED) is 0.779. The molecule has 0 fully saturated rings. The topological polar surface area (TPSA) is 60.5 Å². The number of carbonyl (C=O) groups is 1. The Morgan fingerprint density at radius 2 is 2.00 bits per heavy atom. The molecular formula is C19H23FN2O3S. The van der Waals surface area contributed by atoms with E-state index in [2.05, 4.69) is 10.3 Å². The maximum atomic E-state index is 13.0. The fraction of sp³-hybridized carbons (Fsp3) is 0.368. The summed E-state index contributed by atoms with van der Waals surface area (Å²) < 4.78 is 23.7. The number of aromatic nitrogens is 1. The lowest BCUT2D eigenvalue weighted by Crippen LogP contribution is -2.34. The van der Waals surface area contributed by atoms with E-state index in [0.717, 1.165) is 15.4 Å². The predicted molar refractivity (Wildman–Crippen MR) is 101 cm³/mol. The number of alkyl carbamates (subject to hydrolysis) is 1. The maximum absolute atomic E-state index is 13.0. The van der Waals surface area contributed by atoms with E-state index in [-0.39, 0.29) is 13.2 Å². The van der Waals surface area contributed by atoms with Gasteiger partial charge in [-0.25, -0.2) is 14.2 Å². The smallest absolute Gasteiger partial charge is 0.407 e. The zero-order valence-corrected chi connectivity index (χ0v) is 16.2. The van der Waals surface area contributed by atoms with Crippen LogP contribution in [-0.4, -0.2) is 29.8 Å². The first-order chi connectivity index (χ1) is 12.3. The summed E-state index contributed by atoms with van der Waals surface area (Å²) >= 11 is 1.62. The second-order valence-corrected chi connectivity index (χ2v) is 7.91. The molecule has 0 aliphatic heterocycles. The molecule has 0 aliphatic carbocycles. The second kappa shape index (κ2) is 8.80. The monoisotopic (exact) mass is 378 g/mol. The minimum atomic E-state index is -0.599. The number of halogens is 1. The van der Waals surface area contributed by atoms with Crippen molar-refractivity contribution in [2.45, 2.75) is 33.3 Å². The number of nitrogens with zero attached hydrogens (tertiary/aromatic N) is 1. The Balaban J connectivity index is 1.83. The van der Waals surface area contributed by atoms with Gasteiger partial charge in [0, 0.05) is 18.3 Å². The van der Waals surface area contributed by atoms with Gasteiger partial charge in [-0.05, 0) is 57.5 Å². The molecule has 2 aromatic rings. The van der Waals surface area contributed by atoms with Crippen LogP contribution in [0.3, 0.4) is 0 Å². The Morgan fingerprint density at radius 3 is 2.54 bits per heavy atom. The fourth-order valence-electron chi connectivity index (χ4n) is 2.01. The Morgan fingerprint density at radius 1 is 1.31 bits per heavy atom. The summed E-state index contributed by atoms with van der Waals surface area (Å²) in [5, 5.41) is 3.51. The molecule has 1 N–H and O–H groups in total. The number of nitrogens with one attached hydrogen (secondary N) is 1. The van der Waals surface area contributed by atoms with Crippen LogP contribution in [-0.2, 0) is 4.74 Å². The highest BCUT2D eigenvalue weighted by molar-refractivity contribution is 7.15. The maximum Gasteiger partial charge on any atom is 0.407 e. The van der Waals surface area contributed by atoms with E-state index in [1.807, 2.05) is 37.4 Å². The highest BCUT2D eigenvalue weighted by Gasteiger charge is 2.16. The summed E-state index contributed by atoms with van der Waals surface area (Å²) in [6, 6.07) is 7.50. The van der Waals surface area contributed by atoms with Crippen molar-refractivity contribution in [3.63, 3.8) is 0 Å². The van der Waals surface area contributed by atoms with Crippen LogP contribution in [0.2, 0.25) is 0 Å². The number of hydrogen-bond donors (Lipinski definition) is 1. The molecule has 0 saturated carbocycles. The zero-order valence-electron chi connectivity index (χ0n) is 15.3. The standard InChI is InChI=1S/C19H23FN2O3S/c1-13-21-11-17(26-13)15-5-7-16(8-6-15)24-12-14(9-20)10-22-18(23)25-19(2,3)4/h5-9,11H,10,12H2,1-4H3,(H,22,23)/b14-9+. The molecule has 2 rings (SSSR count). The summed E-state index contributed by atoms with van der Waals surface area (Å²) in [7, 11) is 0. The van der Waals surface area contributed by atoms with Gasteiger partial charge in [-0.15, -0.1) is 11.3 Å². The minimum Gasteiger partial charge on any atom is -0.489 e. The lowest BCUT2D eigenvalue weighted by molar-refractivity contribution is 0.0531. The molecule has 26 heavy (non-hydrogen) atoms. The van der Waals surface area contributed by atoms with Crippen molar-refractivity contribution >= 4 is 17.4 Å². The van der Waals surface area contributed by atoms with Crippen LogP contribution in [0.1, 0.15) is 25.8 Å². The average molecular weight is 378 g/mol. The van der Waals surface area contributed by atoms with Crippen LogP contribution in [0.5, 0.6) is 5.75 Å². The number of amides is 1. The summed E-state index contributed by atoms with van der Waals surface area (Å²) in [6.07, 6.45) is 1.68. The first-order valence-electron chi connectivity index (χ1n) is 8.17. The third-order valence-corrected chi connectivity index (χ3v) is 4.16. The van der Waals surface area contributed by atoms with Crippen molar-refractivity contribution < 1.29 is 18.7 Å². The SMILES string of the molecule is Cc1ncc(-c2ccc(OC/C(=C/F)CNC(=O)OC(C)(C)C)cc2)s1. The molecule has 0 unspecified atom stereocenters. The van der Waals surface area contributed by atoms with Crippen LogP contribution in [0.4, 0.5) is 9.18 Å². The Kier molecular flexibility index (Phi) is 6.74. The van der Waals surface area contributed by atoms with Crippen molar-refractivity contribution in [1.29, 1.82) is 0 Å². The summed E-state index contributed by atoms with van der Waals surface area (Å²) in [6.45, 7) is 7.30. The molecule has 1 amide bonds. The largest absolute Gasteiger partial charge is 0.489 e. The molecule has 7 heteroatoms. The third-order valence-electron chi connectivity index (χ3n) is 3.20. The van der Waals surface area contributed by atoms with Crippen LogP contribution in [0.15, 0.2) is 42.4 Å². The lowest BCUT2D eigenvalue weighted by atomic mass is 10.2. The van der Waals surface area contributed by atoms with Gasteiger partial charge in [-0.1, -0.05) is 0 Å². The van der Waals surface area contributed by atoms with Crippen LogP contribution in [0, 0.1) is 6.92 Å². The molecule has 1 aromatic carbocycles. The third kappa shape index (κ3) is 6.48. The van der Waals surface area contributed by atoms with Gasteiger partial charge in [-0.3, -0.25) is 0 Å². The van der Waals surface area contributed by atoms with Crippen LogP contribution >= 0.6 is 11.3 Å². The highest BCUT2D eigenvalue weighted by Crippen LogP contribution is 2.27. The minimum absolute atomic E-state index is 0.0175. The summed E-state index contributed by atoms with van der Waals surface area (Å²) in [5.74, 6) is 0.617. The molecule has 0 saturated heterocycles. The van der Waals surface area contributed by atoms with E-state index < -0.39 is 11.7 Å². The number of benzene rings is 1. The zero-order chi connectivity index (χ0) is 19.2. The van der Waals surface area contributed by atoms with E-state index in [1.165, 1.54) is 0 Å². The molecular weight excluding hydrogens is 355 g/mol. The fourth-order valence-corrected chi connectivity index (χ4v) is 2.79. The van der Waals surface area contributed by atoms with Gasteiger partial charge < -0.3 is 14.8 Å². The molecule has 1 heterocycles. The van der Waals surface area contributed by atoms with Gasteiger partial charge >= 0.3 is 6.09 Å². The van der Waals surface area contributed by atoms with Crippen LogP contribution in [0.25, 0.3) is 10.4 Å². The normalized spacial score (nSPS) is 12.0. The van der Waals surface area contributed by atoms with Crippen LogP contribution < -0.4 is 10.1 Å². The first-order valence-corrected chi connectivity index (χ1v) is 8.99. The van der Waals surface area contributed by atoms with Gasteiger partial charge in [0.15, 0.2) is 0 Å². The van der Waals surface area contributed by atoms with Gasteiger partial charge in [0.1, 0.15) is 18.0 Å². The molecule has 0 radical (unpaired) electrons. The number of carbonyl (C=O) groups excluding carboxylic acids is 1. The van der Waals surface area contributed by atoms with Gasteiger partial charge in [0.05, 0.1) is 16.2 Å². The number of ether oxygens (including phenoxy) is 2. The molecule has 0 aliphatic rings. The Bertz CT molecular complexity index is 764. The van der Waals surface area contributed by atoms with Crippen molar-refractivity contribution in [3.8, 4) is 16.2 Å². The molecule has 5 nitrogen and oxygen atoms in total. The van der Waals surface area contributed by atoms with Gasteiger partial charge in [0.2, 0.25) is 0 Å². The number of thiazole rings is 1. The average Bonchev–Trinajstić information content (AvgIpc) is 3.00. The molecule has 0 spiro atoms.